The molecule has 1 fully saturated rings. The standard InChI is InChI=1S/C21H22ClN7O2/c1-14(25-20(31)27-17-5-3-15(22)4-6-17)19(30)26-16-7-9-18(10-8-16)29-12-11-28(2)21(29)24-13-23/h3-10,14H,11-12H2,1-2H3,(H,26,30)(H2,25,27,31)/b24-21+/t14-/m1/s1. The molecular weight excluding hydrogens is 418 g/mol. The summed E-state index contributed by atoms with van der Waals surface area (Å²) < 4.78 is 0. The molecule has 2 aromatic rings. The Morgan fingerprint density at radius 3 is 2.32 bits per heavy atom. The van der Waals surface area contributed by atoms with E-state index in [1.54, 1.807) is 43.3 Å². The lowest BCUT2D eigenvalue weighted by Crippen LogP contribution is -2.43. The van der Waals surface area contributed by atoms with Crippen molar-refractivity contribution in [1.82, 2.24) is 10.2 Å². The number of aliphatic imine (C=N–C) groups is 1. The van der Waals surface area contributed by atoms with Crippen molar-refractivity contribution in [2.75, 3.05) is 35.7 Å². The molecule has 3 rings (SSSR count). The molecular formula is C21H22ClN7O2. The fourth-order valence-corrected chi connectivity index (χ4v) is 3.15. The van der Waals surface area contributed by atoms with Crippen molar-refractivity contribution in [1.29, 1.82) is 5.26 Å². The van der Waals surface area contributed by atoms with Crippen molar-refractivity contribution >= 4 is 46.6 Å². The highest BCUT2D eigenvalue weighted by molar-refractivity contribution is 6.30. The number of hydrogen-bond acceptors (Lipinski definition) is 4. The second-order valence-corrected chi connectivity index (χ2v) is 7.38. The lowest BCUT2D eigenvalue weighted by Gasteiger charge is -2.20. The van der Waals surface area contributed by atoms with Crippen LogP contribution in [0.1, 0.15) is 6.92 Å². The third kappa shape index (κ3) is 5.65. The molecule has 160 valence electrons. The average molecular weight is 440 g/mol. The van der Waals surface area contributed by atoms with Crippen molar-refractivity contribution in [2.45, 2.75) is 13.0 Å². The Balaban J connectivity index is 1.55. The number of urea groups is 1. The Morgan fingerprint density at radius 2 is 1.68 bits per heavy atom. The fraction of sp³-hybridized carbons (Fsp3) is 0.238. The molecule has 0 saturated carbocycles. The molecule has 0 bridgehead atoms. The number of likely N-dealkylation sites (N-methyl/N-ethyl adjacent to an activating group) is 1. The van der Waals surface area contributed by atoms with Crippen molar-refractivity contribution in [3.63, 3.8) is 0 Å². The molecule has 0 aromatic heterocycles. The number of carbonyl (C=O) groups is 2. The molecule has 0 aliphatic carbocycles. The maximum atomic E-state index is 12.4. The summed E-state index contributed by atoms with van der Waals surface area (Å²) in [7, 11) is 1.88. The molecule has 0 unspecified atom stereocenters. The van der Waals surface area contributed by atoms with Crippen LogP contribution in [-0.4, -0.2) is 49.0 Å². The maximum Gasteiger partial charge on any atom is 0.319 e. The number of halogens is 1. The summed E-state index contributed by atoms with van der Waals surface area (Å²) in [4.78, 5) is 32.2. The minimum absolute atomic E-state index is 0.355. The summed E-state index contributed by atoms with van der Waals surface area (Å²) in [5, 5.41) is 17.4. The van der Waals surface area contributed by atoms with E-state index in [2.05, 4.69) is 20.9 Å². The van der Waals surface area contributed by atoms with Gasteiger partial charge in [0, 0.05) is 42.2 Å². The molecule has 1 aliphatic heterocycles. The van der Waals surface area contributed by atoms with Crippen LogP contribution < -0.4 is 20.9 Å². The van der Waals surface area contributed by atoms with Gasteiger partial charge in [0.1, 0.15) is 6.04 Å². The first-order chi connectivity index (χ1) is 14.9. The van der Waals surface area contributed by atoms with Gasteiger partial charge in [-0.2, -0.15) is 5.26 Å². The van der Waals surface area contributed by atoms with Gasteiger partial charge in [-0.1, -0.05) is 11.6 Å². The van der Waals surface area contributed by atoms with Gasteiger partial charge in [0.2, 0.25) is 18.1 Å². The minimum atomic E-state index is -0.756. The summed E-state index contributed by atoms with van der Waals surface area (Å²) in [6, 6.07) is 12.6. The maximum absolute atomic E-state index is 12.4. The van der Waals surface area contributed by atoms with Crippen molar-refractivity contribution in [3.05, 3.63) is 53.6 Å². The van der Waals surface area contributed by atoms with Crippen LogP contribution in [0.3, 0.4) is 0 Å². The van der Waals surface area contributed by atoms with E-state index in [1.807, 2.05) is 35.2 Å². The van der Waals surface area contributed by atoms with Gasteiger partial charge in [-0.25, -0.2) is 4.79 Å². The SMILES string of the molecule is C[C@@H](NC(=O)Nc1ccc(Cl)cc1)C(=O)Nc1ccc(N2CCN(C)/C2=N\C#N)cc1. The molecule has 1 aliphatic rings. The first-order valence-corrected chi connectivity index (χ1v) is 9.94. The summed E-state index contributed by atoms with van der Waals surface area (Å²) in [6.45, 7) is 3.07. The molecule has 3 N–H and O–H groups in total. The van der Waals surface area contributed by atoms with Gasteiger partial charge in [0.15, 0.2) is 0 Å². The van der Waals surface area contributed by atoms with Crippen LogP contribution in [-0.2, 0) is 4.79 Å². The zero-order valence-corrected chi connectivity index (χ0v) is 17.8. The Kier molecular flexibility index (Phi) is 6.95. The summed E-state index contributed by atoms with van der Waals surface area (Å²) in [5.41, 5.74) is 2.02. The van der Waals surface area contributed by atoms with E-state index in [9.17, 15) is 9.59 Å². The molecule has 2 aromatic carbocycles. The zero-order chi connectivity index (χ0) is 22.4. The molecule has 1 atom stereocenters. The molecule has 1 saturated heterocycles. The number of hydrogen-bond donors (Lipinski definition) is 3. The number of carbonyl (C=O) groups excluding carboxylic acids is 2. The lowest BCUT2D eigenvalue weighted by molar-refractivity contribution is -0.117. The topological polar surface area (TPSA) is 113 Å². The largest absolute Gasteiger partial charge is 0.343 e. The number of nitriles is 1. The highest BCUT2D eigenvalue weighted by Gasteiger charge is 2.25. The van der Waals surface area contributed by atoms with Gasteiger partial charge in [0.25, 0.3) is 0 Å². The monoisotopic (exact) mass is 439 g/mol. The lowest BCUT2D eigenvalue weighted by atomic mass is 10.2. The number of anilines is 3. The molecule has 3 amide bonds. The number of amides is 3. The van der Waals surface area contributed by atoms with E-state index >= 15 is 0 Å². The van der Waals surface area contributed by atoms with Crippen LogP contribution in [0.4, 0.5) is 21.9 Å². The van der Waals surface area contributed by atoms with Gasteiger partial charge in [-0.05, 0) is 55.5 Å². The summed E-state index contributed by atoms with van der Waals surface area (Å²) in [5.74, 6) is 0.232. The van der Waals surface area contributed by atoms with Crippen molar-refractivity contribution in [2.24, 2.45) is 4.99 Å². The number of nitrogens with one attached hydrogen (secondary N) is 3. The van der Waals surface area contributed by atoms with Gasteiger partial charge < -0.3 is 25.8 Å². The van der Waals surface area contributed by atoms with Crippen LogP contribution >= 0.6 is 11.6 Å². The van der Waals surface area contributed by atoms with Crippen LogP contribution in [0.2, 0.25) is 5.02 Å². The second kappa shape index (κ2) is 9.82. The first-order valence-electron chi connectivity index (χ1n) is 9.57. The van der Waals surface area contributed by atoms with E-state index in [0.717, 1.165) is 12.2 Å². The fourth-order valence-electron chi connectivity index (χ4n) is 3.03. The van der Waals surface area contributed by atoms with Gasteiger partial charge in [0.05, 0.1) is 0 Å². The Morgan fingerprint density at radius 1 is 1.06 bits per heavy atom. The molecule has 1 heterocycles. The van der Waals surface area contributed by atoms with Crippen molar-refractivity contribution < 1.29 is 9.59 Å². The molecule has 10 heteroatoms. The Labute approximate surface area is 185 Å². The number of guanidine groups is 1. The van der Waals surface area contributed by atoms with Gasteiger partial charge in [-0.3, -0.25) is 4.79 Å². The molecule has 0 spiro atoms. The highest BCUT2D eigenvalue weighted by Crippen LogP contribution is 2.22. The van der Waals surface area contributed by atoms with E-state index in [0.29, 0.717) is 28.9 Å². The molecule has 0 radical (unpaired) electrons. The smallest absolute Gasteiger partial charge is 0.319 e. The van der Waals surface area contributed by atoms with Gasteiger partial charge in [-0.15, -0.1) is 4.99 Å². The molecule has 31 heavy (non-hydrogen) atoms. The Hall–Kier alpha value is -3.77. The number of rotatable bonds is 5. The third-order valence-electron chi connectivity index (χ3n) is 4.68. The average Bonchev–Trinajstić information content (AvgIpc) is 3.11. The minimum Gasteiger partial charge on any atom is -0.343 e. The van der Waals surface area contributed by atoms with E-state index in [-0.39, 0.29) is 5.91 Å². The van der Waals surface area contributed by atoms with Crippen molar-refractivity contribution in [3.8, 4) is 6.19 Å². The predicted octanol–water partition coefficient (Wildman–Crippen LogP) is 3.08. The van der Waals surface area contributed by atoms with Crippen LogP contribution in [0, 0.1) is 11.5 Å². The van der Waals surface area contributed by atoms with Crippen LogP contribution in [0.25, 0.3) is 0 Å². The normalized spacial score (nSPS) is 15.4. The second-order valence-electron chi connectivity index (χ2n) is 6.95. The highest BCUT2D eigenvalue weighted by atomic mass is 35.5. The van der Waals surface area contributed by atoms with E-state index in [4.69, 9.17) is 16.9 Å². The zero-order valence-electron chi connectivity index (χ0n) is 17.1. The van der Waals surface area contributed by atoms with Gasteiger partial charge >= 0.3 is 6.03 Å². The number of nitrogens with zero attached hydrogens (tertiary/aromatic N) is 4. The van der Waals surface area contributed by atoms with Crippen LogP contribution in [0.5, 0.6) is 0 Å². The predicted molar refractivity (Wildman–Crippen MR) is 121 cm³/mol. The van der Waals surface area contributed by atoms with Crippen LogP contribution in [0.15, 0.2) is 53.5 Å². The summed E-state index contributed by atoms with van der Waals surface area (Å²) in [6.07, 6.45) is 1.83. The number of benzene rings is 2. The Bertz CT molecular complexity index is 1020. The first kappa shape index (κ1) is 21.9. The molecule has 9 nitrogen and oxygen atoms in total. The third-order valence-corrected chi connectivity index (χ3v) is 4.93. The summed E-state index contributed by atoms with van der Waals surface area (Å²) >= 11 is 5.82. The quantitative estimate of drug-likeness (QED) is 0.619. The van der Waals surface area contributed by atoms with E-state index in [1.165, 1.54) is 0 Å². The van der Waals surface area contributed by atoms with E-state index < -0.39 is 12.1 Å².